The Morgan fingerprint density at radius 2 is 2.29 bits per heavy atom. The Morgan fingerprint density at radius 1 is 1.47 bits per heavy atom. The summed E-state index contributed by atoms with van der Waals surface area (Å²) in [5.74, 6) is 0.480. The van der Waals surface area contributed by atoms with Crippen LogP contribution in [0, 0.1) is 5.82 Å². The molecule has 92 valence electrons. The van der Waals surface area contributed by atoms with Crippen molar-refractivity contribution in [3.63, 3.8) is 0 Å². The third-order valence-electron chi connectivity index (χ3n) is 2.98. The Balaban J connectivity index is 2.05. The number of carbonyl (C=O) groups is 1. The number of ether oxygens (including phenoxy) is 1. The average molecular weight is 237 g/mol. The topological polar surface area (TPSA) is 29.5 Å². The van der Waals surface area contributed by atoms with Crippen LogP contribution in [0.25, 0.3) is 0 Å². The molecule has 1 fully saturated rings. The van der Waals surface area contributed by atoms with Gasteiger partial charge in [-0.25, -0.2) is 4.39 Å². The number of piperidine rings is 1. The molecule has 0 aliphatic carbocycles. The number of methoxy groups -OCH3 is 1. The van der Waals surface area contributed by atoms with Gasteiger partial charge in [0.15, 0.2) is 0 Å². The fraction of sp³-hybridized carbons (Fsp3) is 0.462. The molecule has 0 bridgehead atoms. The predicted octanol–water partition coefficient (Wildman–Crippen LogP) is 2.00. The van der Waals surface area contributed by atoms with Crippen molar-refractivity contribution in [2.75, 3.05) is 20.2 Å². The Kier molecular flexibility index (Phi) is 3.74. The summed E-state index contributed by atoms with van der Waals surface area (Å²) in [5.41, 5.74) is 0.612. The number of benzene rings is 1. The summed E-state index contributed by atoms with van der Waals surface area (Å²) in [5, 5.41) is 0. The van der Waals surface area contributed by atoms with Crippen LogP contribution < -0.4 is 4.74 Å². The molecule has 0 saturated carbocycles. The monoisotopic (exact) mass is 237 g/mol. The molecular formula is C13H16FNO2. The third kappa shape index (κ3) is 3.03. The average Bonchev–Trinajstić information content (AvgIpc) is 2.32. The molecule has 1 aromatic rings. The van der Waals surface area contributed by atoms with Crippen molar-refractivity contribution < 1.29 is 13.9 Å². The lowest BCUT2D eigenvalue weighted by Gasteiger charge is -2.25. The molecule has 0 amide bonds. The van der Waals surface area contributed by atoms with Gasteiger partial charge in [0.25, 0.3) is 0 Å². The number of likely N-dealkylation sites (tertiary alicyclic amines) is 1. The maximum Gasteiger partial charge on any atom is 0.146 e. The van der Waals surface area contributed by atoms with Crippen LogP contribution >= 0.6 is 0 Å². The summed E-state index contributed by atoms with van der Waals surface area (Å²) in [6.45, 7) is 1.78. The molecule has 1 aromatic carbocycles. The van der Waals surface area contributed by atoms with Crippen LogP contribution in [-0.2, 0) is 11.3 Å². The van der Waals surface area contributed by atoms with Gasteiger partial charge < -0.3 is 4.74 Å². The minimum atomic E-state index is -0.276. The standard InChI is InChI=1S/C13H16FNO2/c1-17-12-5-4-10(13(14)7-12)8-15-6-2-3-11(16)9-15/h4-5,7H,2-3,6,8-9H2,1H3. The first-order chi connectivity index (χ1) is 8.19. The molecule has 1 heterocycles. The van der Waals surface area contributed by atoms with E-state index in [9.17, 15) is 9.18 Å². The fourth-order valence-electron chi connectivity index (χ4n) is 2.07. The van der Waals surface area contributed by atoms with E-state index in [1.807, 2.05) is 4.90 Å². The van der Waals surface area contributed by atoms with E-state index in [0.717, 1.165) is 13.0 Å². The molecule has 0 N–H and O–H groups in total. The lowest BCUT2D eigenvalue weighted by molar-refractivity contribution is -0.122. The largest absolute Gasteiger partial charge is 0.497 e. The highest BCUT2D eigenvalue weighted by atomic mass is 19.1. The van der Waals surface area contributed by atoms with Gasteiger partial charge in [-0.15, -0.1) is 0 Å². The van der Waals surface area contributed by atoms with Crippen molar-refractivity contribution in [3.05, 3.63) is 29.6 Å². The van der Waals surface area contributed by atoms with Crippen LogP contribution in [-0.4, -0.2) is 30.9 Å². The zero-order valence-corrected chi connectivity index (χ0v) is 9.91. The number of hydrogen-bond acceptors (Lipinski definition) is 3. The molecule has 1 saturated heterocycles. The molecule has 0 spiro atoms. The Labute approximate surface area is 100 Å². The van der Waals surface area contributed by atoms with E-state index in [1.54, 1.807) is 12.1 Å². The molecule has 2 rings (SSSR count). The molecule has 1 aliphatic heterocycles. The number of nitrogens with zero attached hydrogens (tertiary/aromatic N) is 1. The van der Waals surface area contributed by atoms with Gasteiger partial charge in [0.2, 0.25) is 0 Å². The number of ketones is 1. The van der Waals surface area contributed by atoms with E-state index >= 15 is 0 Å². The SMILES string of the molecule is COc1ccc(CN2CCCC(=O)C2)c(F)c1. The zero-order valence-electron chi connectivity index (χ0n) is 9.91. The third-order valence-corrected chi connectivity index (χ3v) is 2.98. The maximum absolute atomic E-state index is 13.7. The molecule has 1 aliphatic rings. The van der Waals surface area contributed by atoms with E-state index in [1.165, 1.54) is 13.2 Å². The lowest BCUT2D eigenvalue weighted by atomic mass is 10.1. The van der Waals surface area contributed by atoms with Gasteiger partial charge in [-0.05, 0) is 19.0 Å². The van der Waals surface area contributed by atoms with Crippen LogP contribution in [0.3, 0.4) is 0 Å². The van der Waals surface area contributed by atoms with Crippen LogP contribution in [0.2, 0.25) is 0 Å². The number of carbonyl (C=O) groups excluding carboxylic acids is 1. The predicted molar refractivity (Wildman–Crippen MR) is 62.5 cm³/mol. The Morgan fingerprint density at radius 3 is 2.94 bits per heavy atom. The zero-order chi connectivity index (χ0) is 12.3. The molecule has 4 heteroatoms. The van der Waals surface area contributed by atoms with Crippen molar-refractivity contribution in [2.45, 2.75) is 19.4 Å². The van der Waals surface area contributed by atoms with Crippen LogP contribution in [0.1, 0.15) is 18.4 Å². The van der Waals surface area contributed by atoms with Crippen LogP contribution in [0.4, 0.5) is 4.39 Å². The van der Waals surface area contributed by atoms with Crippen molar-refractivity contribution in [3.8, 4) is 5.75 Å². The first kappa shape index (κ1) is 12.0. The molecule has 0 unspecified atom stereocenters. The molecule has 17 heavy (non-hydrogen) atoms. The van der Waals surface area contributed by atoms with Crippen molar-refractivity contribution >= 4 is 5.78 Å². The summed E-state index contributed by atoms with van der Waals surface area (Å²) < 4.78 is 18.6. The molecule has 0 radical (unpaired) electrons. The second kappa shape index (κ2) is 5.27. The summed E-state index contributed by atoms with van der Waals surface area (Å²) >= 11 is 0. The van der Waals surface area contributed by atoms with Gasteiger partial charge in [0.05, 0.1) is 13.7 Å². The number of Topliss-reactive ketones (excluding diaryl/α,β-unsaturated/α-hetero) is 1. The van der Waals surface area contributed by atoms with Crippen LogP contribution in [0.15, 0.2) is 18.2 Å². The van der Waals surface area contributed by atoms with E-state index in [4.69, 9.17) is 4.74 Å². The lowest BCUT2D eigenvalue weighted by Crippen LogP contribution is -2.35. The highest BCUT2D eigenvalue weighted by Crippen LogP contribution is 2.19. The Bertz CT molecular complexity index is 420. The highest BCUT2D eigenvalue weighted by molar-refractivity contribution is 5.81. The summed E-state index contributed by atoms with van der Waals surface area (Å²) in [6.07, 6.45) is 1.53. The molecule has 0 aromatic heterocycles. The van der Waals surface area contributed by atoms with Gasteiger partial charge in [-0.2, -0.15) is 0 Å². The van der Waals surface area contributed by atoms with Crippen molar-refractivity contribution in [1.29, 1.82) is 0 Å². The summed E-state index contributed by atoms with van der Waals surface area (Å²) in [6, 6.07) is 4.83. The van der Waals surface area contributed by atoms with Gasteiger partial charge in [0.1, 0.15) is 17.3 Å². The second-order valence-electron chi connectivity index (χ2n) is 4.31. The first-order valence-electron chi connectivity index (χ1n) is 5.75. The Hall–Kier alpha value is -1.42. The first-order valence-corrected chi connectivity index (χ1v) is 5.75. The molecule has 0 atom stereocenters. The highest BCUT2D eigenvalue weighted by Gasteiger charge is 2.18. The summed E-state index contributed by atoms with van der Waals surface area (Å²) in [7, 11) is 1.51. The number of halogens is 1. The van der Waals surface area contributed by atoms with Gasteiger partial charge in [0, 0.05) is 24.6 Å². The normalized spacial score (nSPS) is 17.2. The number of hydrogen-bond donors (Lipinski definition) is 0. The minimum Gasteiger partial charge on any atom is -0.497 e. The van der Waals surface area contributed by atoms with Crippen LogP contribution in [0.5, 0.6) is 5.75 Å². The summed E-state index contributed by atoms with van der Waals surface area (Å²) in [4.78, 5) is 13.3. The smallest absolute Gasteiger partial charge is 0.146 e. The minimum absolute atomic E-state index is 0.241. The van der Waals surface area contributed by atoms with E-state index in [2.05, 4.69) is 0 Å². The fourth-order valence-corrected chi connectivity index (χ4v) is 2.07. The number of rotatable bonds is 3. The van der Waals surface area contributed by atoms with Gasteiger partial charge in [-0.3, -0.25) is 9.69 Å². The quantitative estimate of drug-likeness (QED) is 0.805. The van der Waals surface area contributed by atoms with Gasteiger partial charge >= 0.3 is 0 Å². The van der Waals surface area contributed by atoms with Gasteiger partial charge in [-0.1, -0.05) is 6.07 Å². The second-order valence-corrected chi connectivity index (χ2v) is 4.31. The van der Waals surface area contributed by atoms with E-state index in [-0.39, 0.29) is 11.6 Å². The van der Waals surface area contributed by atoms with Crippen molar-refractivity contribution in [1.82, 2.24) is 4.90 Å². The van der Waals surface area contributed by atoms with E-state index < -0.39 is 0 Å². The molecule has 3 nitrogen and oxygen atoms in total. The van der Waals surface area contributed by atoms with Crippen molar-refractivity contribution in [2.24, 2.45) is 0 Å². The van der Waals surface area contributed by atoms with E-state index in [0.29, 0.717) is 30.8 Å². The molecular weight excluding hydrogens is 221 g/mol. The maximum atomic E-state index is 13.7.